The van der Waals surface area contributed by atoms with Gasteiger partial charge in [-0.2, -0.15) is 0 Å². The number of aromatic carboxylic acids is 1. The van der Waals surface area contributed by atoms with Crippen molar-refractivity contribution in [2.24, 2.45) is 0 Å². The second kappa shape index (κ2) is 5.09. The lowest BCUT2D eigenvalue weighted by Gasteiger charge is -2.05. The smallest absolute Gasteiger partial charge is 0.356 e. The molecule has 2 aromatic rings. The van der Waals surface area contributed by atoms with Crippen molar-refractivity contribution in [1.29, 1.82) is 0 Å². The van der Waals surface area contributed by atoms with Gasteiger partial charge in [0.25, 0.3) is 0 Å². The summed E-state index contributed by atoms with van der Waals surface area (Å²) in [6, 6.07) is 10.3. The minimum atomic E-state index is -1.11. The highest BCUT2D eigenvalue weighted by molar-refractivity contribution is 14.1. The zero-order valence-electron chi connectivity index (χ0n) is 8.50. The van der Waals surface area contributed by atoms with Gasteiger partial charge in [-0.1, -0.05) is 12.1 Å². The van der Waals surface area contributed by atoms with Gasteiger partial charge in [0.2, 0.25) is 5.88 Å². The molecule has 0 aliphatic rings. The molecule has 0 aliphatic heterocycles. The second-order valence-electron chi connectivity index (χ2n) is 3.09. The monoisotopic (exact) mass is 342 g/mol. The van der Waals surface area contributed by atoms with E-state index in [0.29, 0.717) is 5.75 Å². The Kier molecular flexibility index (Phi) is 3.52. The molecule has 0 amide bonds. The fourth-order valence-electron chi connectivity index (χ4n) is 1.13. The zero-order chi connectivity index (χ0) is 12.3. The summed E-state index contributed by atoms with van der Waals surface area (Å²) in [6.45, 7) is 0. The number of nitrogens with zero attached hydrogens (tertiary/aromatic N) is 2. The van der Waals surface area contributed by atoms with Crippen LogP contribution in [0.25, 0.3) is 0 Å². The van der Waals surface area contributed by atoms with Gasteiger partial charge in [0, 0.05) is 6.07 Å². The Labute approximate surface area is 111 Å². The fraction of sp³-hybridized carbons (Fsp3) is 0. The summed E-state index contributed by atoms with van der Waals surface area (Å²) in [5.41, 5.74) is -0.111. The normalized spacial score (nSPS) is 9.94. The Hall–Kier alpha value is -1.70. The van der Waals surface area contributed by atoms with Gasteiger partial charge in [-0.05, 0) is 40.8 Å². The number of benzene rings is 1. The lowest BCUT2D eigenvalue weighted by atomic mass is 10.3. The molecule has 1 aromatic carbocycles. The number of hydrogen-bond donors (Lipinski definition) is 1. The highest BCUT2D eigenvalue weighted by Crippen LogP contribution is 2.24. The fourth-order valence-corrected chi connectivity index (χ4v) is 1.63. The summed E-state index contributed by atoms with van der Waals surface area (Å²) in [7, 11) is 0. The summed E-state index contributed by atoms with van der Waals surface area (Å²) in [6.07, 6.45) is 0. The number of carboxylic acid groups (broad SMARTS) is 1. The van der Waals surface area contributed by atoms with E-state index in [9.17, 15) is 4.79 Å². The zero-order valence-corrected chi connectivity index (χ0v) is 10.7. The van der Waals surface area contributed by atoms with Crippen LogP contribution in [0, 0.1) is 3.57 Å². The number of halogens is 1. The molecule has 1 N–H and O–H groups in total. The maximum atomic E-state index is 10.6. The Balaban J connectivity index is 2.20. The van der Waals surface area contributed by atoms with E-state index >= 15 is 0 Å². The lowest BCUT2D eigenvalue weighted by Crippen LogP contribution is -2.02. The van der Waals surface area contributed by atoms with Crippen molar-refractivity contribution in [1.82, 2.24) is 10.2 Å². The molecule has 1 aromatic heterocycles. The van der Waals surface area contributed by atoms with Crippen LogP contribution >= 0.6 is 22.6 Å². The Morgan fingerprint density at radius 1 is 1.18 bits per heavy atom. The van der Waals surface area contributed by atoms with Crippen LogP contribution in [0.5, 0.6) is 11.6 Å². The van der Waals surface area contributed by atoms with Crippen molar-refractivity contribution < 1.29 is 14.6 Å². The van der Waals surface area contributed by atoms with Gasteiger partial charge in [-0.15, -0.1) is 10.2 Å². The quantitative estimate of drug-likeness (QED) is 0.868. The lowest BCUT2D eigenvalue weighted by molar-refractivity contribution is 0.0689. The van der Waals surface area contributed by atoms with E-state index in [1.165, 1.54) is 12.1 Å². The molecule has 0 spiro atoms. The van der Waals surface area contributed by atoms with E-state index in [4.69, 9.17) is 9.84 Å². The van der Waals surface area contributed by atoms with E-state index in [1.54, 1.807) is 6.07 Å². The van der Waals surface area contributed by atoms with Crippen molar-refractivity contribution >= 4 is 28.6 Å². The van der Waals surface area contributed by atoms with Crippen molar-refractivity contribution in [2.45, 2.75) is 0 Å². The van der Waals surface area contributed by atoms with Gasteiger partial charge < -0.3 is 9.84 Å². The second-order valence-corrected chi connectivity index (χ2v) is 4.26. The molecule has 0 atom stereocenters. The summed E-state index contributed by atoms with van der Waals surface area (Å²) in [5, 5.41) is 15.9. The topological polar surface area (TPSA) is 72.3 Å². The molecule has 86 valence electrons. The molecule has 5 nitrogen and oxygen atoms in total. The third-order valence-corrected chi connectivity index (χ3v) is 2.80. The molecule has 0 saturated heterocycles. The maximum Gasteiger partial charge on any atom is 0.356 e. The van der Waals surface area contributed by atoms with Crippen LogP contribution in [0.1, 0.15) is 10.5 Å². The van der Waals surface area contributed by atoms with Gasteiger partial charge >= 0.3 is 5.97 Å². The summed E-state index contributed by atoms with van der Waals surface area (Å²) >= 11 is 2.14. The summed E-state index contributed by atoms with van der Waals surface area (Å²) in [5.74, 6) is -0.192. The number of aromatic nitrogens is 2. The molecule has 0 radical (unpaired) electrons. The first kappa shape index (κ1) is 11.8. The molecule has 0 aliphatic carbocycles. The van der Waals surface area contributed by atoms with Crippen LogP contribution in [0.3, 0.4) is 0 Å². The number of carboxylic acids is 1. The van der Waals surface area contributed by atoms with Crippen molar-refractivity contribution in [3.8, 4) is 11.6 Å². The minimum Gasteiger partial charge on any atom is -0.476 e. The van der Waals surface area contributed by atoms with Gasteiger partial charge in [-0.25, -0.2) is 4.79 Å². The number of carbonyl (C=O) groups is 1. The van der Waals surface area contributed by atoms with Crippen molar-refractivity contribution in [3.63, 3.8) is 0 Å². The third-order valence-electron chi connectivity index (χ3n) is 1.91. The molecule has 0 bridgehead atoms. The van der Waals surface area contributed by atoms with Crippen LogP contribution in [-0.4, -0.2) is 21.3 Å². The van der Waals surface area contributed by atoms with Crippen LogP contribution in [0.4, 0.5) is 0 Å². The number of ether oxygens (including phenoxy) is 1. The molecule has 17 heavy (non-hydrogen) atoms. The average molecular weight is 342 g/mol. The van der Waals surface area contributed by atoms with Crippen LogP contribution in [0.2, 0.25) is 0 Å². The summed E-state index contributed by atoms with van der Waals surface area (Å²) < 4.78 is 6.41. The Morgan fingerprint density at radius 2 is 1.94 bits per heavy atom. The predicted octanol–water partition coefficient (Wildman–Crippen LogP) is 2.57. The molecular formula is C11H7IN2O3. The van der Waals surface area contributed by atoms with Crippen LogP contribution in [0.15, 0.2) is 36.4 Å². The Morgan fingerprint density at radius 3 is 2.53 bits per heavy atom. The van der Waals surface area contributed by atoms with E-state index in [1.807, 2.05) is 18.2 Å². The highest BCUT2D eigenvalue weighted by atomic mass is 127. The number of hydrogen-bond acceptors (Lipinski definition) is 4. The molecule has 2 rings (SSSR count). The van der Waals surface area contributed by atoms with Gasteiger partial charge in [0.1, 0.15) is 5.75 Å². The van der Waals surface area contributed by atoms with E-state index in [0.717, 1.165) is 3.57 Å². The maximum absolute atomic E-state index is 10.6. The van der Waals surface area contributed by atoms with E-state index in [2.05, 4.69) is 32.8 Å². The standard InChI is InChI=1S/C11H7IN2O3/c12-7-3-1-2-4-9(7)17-10-6-5-8(11(15)16)13-14-10/h1-6H,(H,15,16). The Bertz CT molecular complexity index is 543. The molecule has 0 fully saturated rings. The van der Waals surface area contributed by atoms with E-state index < -0.39 is 5.97 Å². The molecular weight excluding hydrogens is 335 g/mol. The third kappa shape index (κ3) is 2.90. The van der Waals surface area contributed by atoms with Crippen LogP contribution < -0.4 is 4.74 Å². The summed E-state index contributed by atoms with van der Waals surface area (Å²) in [4.78, 5) is 10.6. The largest absolute Gasteiger partial charge is 0.476 e. The molecule has 6 heteroatoms. The SMILES string of the molecule is O=C(O)c1ccc(Oc2ccccc2I)nn1. The first-order valence-corrected chi connectivity index (χ1v) is 5.74. The van der Waals surface area contributed by atoms with Gasteiger partial charge in [-0.3, -0.25) is 0 Å². The average Bonchev–Trinajstić information content (AvgIpc) is 2.33. The molecule has 0 unspecified atom stereocenters. The molecule has 0 saturated carbocycles. The number of rotatable bonds is 3. The predicted molar refractivity (Wildman–Crippen MR) is 68.2 cm³/mol. The minimum absolute atomic E-state index is 0.111. The number of para-hydroxylation sites is 1. The first-order valence-electron chi connectivity index (χ1n) is 4.66. The van der Waals surface area contributed by atoms with Gasteiger partial charge in [0.15, 0.2) is 5.69 Å². The van der Waals surface area contributed by atoms with Crippen molar-refractivity contribution in [2.75, 3.05) is 0 Å². The highest BCUT2D eigenvalue weighted by Gasteiger charge is 2.07. The van der Waals surface area contributed by atoms with E-state index in [-0.39, 0.29) is 11.6 Å². The molecule has 1 heterocycles. The van der Waals surface area contributed by atoms with Gasteiger partial charge in [0.05, 0.1) is 3.57 Å². The van der Waals surface area contributed by atoms with Crippen molar-refractivity contribution in [3.05, 3.63) is 45.7 Å². The first-order chi connectivity index (χ1) is 8.16. The van der Waals surface area contributed by atoms with Crippen LogP contribution in [-0.2, 0) is 0 Å².